The summed E-state index contributed by atoms with van der Waals surface area (Å²) in [5.41, 5.74) is -1.51. The number of esters is 3. The zero-order valence-electron chi connectivity index (χ0n) is 20.8. The molecular formula is C25H40O6. The zero-order valence-corrected chi connectivity index (χ0v) is 20.8. The summed E-state index contributed by atoms with van der Waals surface area (Å²) in [7, 11) is 0. The van der Waals surface area contributed by atoms with Crippen molar-refractivity contribution in [1.29, 1.82) is 0 Å². The molecule has 0 aromatic rings. The second-order valence-electron chi connectivity index (χ2n) is 10.1. The minimum absolute atomic E-state index is 0.202. The highest BCUT2D eigenvalue weighted by atomic mass is 16.6. The first kappa shape index (κ1) is 28.6. The highest BCUT2D eigenvalue weighted by Crippen LogP contribution is 2.37. The fourth-order valence-corrected chi connectivity index (χ4v) is 2.99. The molecule has 0 aromatic carbocycles. The van der Waals surface area contributed by atoms with Crippen LogP contribution in [0.5, 0.6) is 0 Å². The quantitative estimate of drug-likeness (QED) is 0.229. The Morgan fingerprint density at radius 2 is 1.03 bits per heavy atom. The van der Waals surface area contributed by atoms with E-state index in [2.05, 4.69) is 19.7 Å². The van der Waals surface area contributed by atoms with Gasteiger partial charge in [0.05, 0.1) is 0 Å². The largest absolute Gasteiger partial charge is 0.456 e. The molecule has 0 aliphatic rings. The van der Waals surface area contributed by atoms with Gasteiger partial charge in [0.1, 0.15) is 16.8 Å². The van der Waals surface area contributed by atoms with Crippen molar-refractivity contribution in [1.82, 2.24) is 0 Å². The standard InChI is InChI=1S/C25H40O6/c1-16(2)20(26)29-23(7,8)14-13-19(25(11,12)31-22(28)18(5)6)15-24(9,10)30-21(27)17(3)4/h19H,1,3,5,13-15H2,2,4,6-12H3. The molecule has 0 radical (unpaired) electrons. The van der Waals surface area contributed by atoms with E-state index in [1.54, 1.807) is 20.8 Å². The van der Waals surface area contributed by atoms with E-state index in [0.29, 0.717) is 36.0 Å². The van der Waals surface area contributed by atoms with Gasteiger partial charge in [0.25, 0.3) is 0 Å². The second kappa shape index (κ2) is 10.8. The highest BCUT2D eigenvalue weighted by molar-refractivity contribution is 5.88. The molecule has 0 rings (SSSR count). The summed E-state index contributed by atoms with van der Waals surface area (Å²) in [5.74, 6) is -1.62. The van der Waals surface area contributed by atoms with Crippen LogP contribution in [0.25, 0.3) is 0 Å². The summed E-state index contributed by atoms with van der Waals surface area (Å²) >= 11 is 0. The average Bonchev–Trinajstić information content (AvgIpc) is 2.56. The van der Waals surface area contributed by atoms with Crippen molar-refractivity contribution >= 4 is 17.9 Å². The van der Waals surface area contributed by atoms with Crippen molar-refractivity contribution in [3.8, 4) is 0 Å². The molecule has 6 nitrogen and oxygen atoms in total. The summed E-state index contributed by atoms with van der Waals surface area (Å²) in [6.07, 6.45) is 1.49. The molecule has 0 fully saturated rings. The van der Waals surface area contributed by atoms with Crippen molar-refractivity contribution < 1.29 is 28.6 Å². The SMILES string of the molecule is C=C(C)C(=O)OC(C)(C)CCC(CC(C)(C)OC(=O)C(=C)C)C(C)(C)OC(=O)C(=C)C. The van der Waals surface area contributed by atoms with Crippen molar-refractivity contribution in [3.05, 3.63) is 36.5 Å². The van der Waals surface area contributed by atoms with Crippen LogP contribution < -0.4 is 0 Å². The van der Waals surface area contributed by atoms with Gasteiger partial charge in [-0.15, -0.1) is 0 Å². The van der Waals surface area contributed by atoms with Crippen LogP contribution in [0.15, 0.2) is 36.5 Å². The number of hydrogen-bond acceptors (Lipinski definition) is 6. The second-order valence-corrected chi connectivity index (χ2v) is 10.1. The van der Waals surface area contributed by atoms with E-state index < -0.39 is 34.7 Å². The Bertz CT molecular complexity index is 739. The van der Waals surface area contributed by atoms with Crippen LogP contribution in [-0.2, 0) is 28.6 Å². The van der Waals surface area contributed by atoms with Gasteiger partial charge in [-0.05, 0) is 81.6 Å². The first-order valence-electron chi connectivity index (χ1n) is 10.5. The summed E-state index contributed by atoms with van der Waals surface area (Å²) in [5, 5.41) is 0. The summed E-state index contributed by atoms with van der Waals surface area (Å²) in [6, 6.07) is 0. The molecule has 0 saturated carbocycles. The lowest BCUT2D eigenvalue weighted by molar-refractivity contribution is -0.167. The van der Waals surface area contributed by atoms with Crippen LogP contribution in [0.2, 0.25) is 0 Å². The van der Waals surface area contributed by atoms with E-state index >= 15 is 0 Å². The van der Waals surface area contributed by atoms with Crippen LogP contribution in [0.1, 0.15) is 81.6 Å². The van der Waals surface area contributed by atoms with E-state index in [1.807, 2.05) is 41.5 Å². The third kappa shape index (κ3) is 10.5. The predicted octanol–water partition coefficient (Wildman–Crippen LogP) is 5.47. The van der Waals surface area contributed by atoms with Crippen LogP contribution in [0.3, 0.4) is 0 Å². The third-order valence-electron chi connectivity index (χ3n) is 4.96. The van der Waals surface area contributed by atoms with Gasteiger partial charge >= 0.3 is 17.9 Å². The Morgan fingerprint density at radius 1 is 0.677 bits per heavy atom. The number of ether oxygens (including phenoxy) is 3. The monoisotopic (exact) mass is 436 g/mol. The molecule has 0 N–H and O–H groups in total. The van der Waals surface area contributed by atoms with E-state index in [4.69, 9.17) is 14.2 Å². The highest BCUT2D eigenvalue weighted by Gasteiger charge is 2.40. The normalized spacial score (nSPS) is 13.1. The summed E-state index contributed by atoms with van der Waals surface area (Å²) in [4.78, 5) is 36.3. The van der Waals surface area contributed by atoms with Gasteiger partial charge in [0.2, 0.25) is 0 Å². The fourth-order valence-electron chi connectivity index (χ4n) is 2.99. The van der Waals surface area contributed by atoms with Crippen LogP contribution >= 0.6 is 0 Å². The summed E-state index contributed by atoms with van der Waals surface area (Å²) in [6.45, 7) is 26.6. The lowest BCUT2D eigenvalue weighted by Gasteiger charge is -2.40. The molecule has 0 aliphatic carbocycles. The number of carbonyl (C=O) groups is 3. The number of rotatable bonds is 12. The molecule has 6 heteroatoms. The van der Waals surface area contributed by atoms with Gasteiger partial charge in [-0.3, -0.25) is 0 Å². The first-order chi connectivity index (χ1) is 13.8. The van der Waals surface area contributed by atoms with Gasteiger partial charge in [0.15, 0.2) is 0 Å². The Hall–Kier alpha value is -2.37. The van der Waals surface area contributed by atoms with Gasteiger partial charge < -0.3 is 14.2 Å². The lowest BCUT2D eigenvalue weighted by atomic mass is 9.77. The minimum atomic E-state index is -0.878. The fraction of sp³-hybridized carbons (Fsp3) is 0.640. The smallest absolute Gasteiger partial charge is 0.333 e. The van der Waals surface area contributed by atoms with Crippen LogP contribution in [-0.4, -0.2) is 34.7 Å². The van der Waals surface area contributed by atoms with Gasteiger partial charge in [-0.1, -0.05) is 19.7 Å². The molecule has 1 unspecified atom stereocenters. The first-order valence-corrected chi connectivity index (χ1v) is 10.5. The minimum Gasteiger partial charge on any atom is -0.456 e. The molecule has 0 saturated heterocycles. The Balaban J connectivity index is 5.67. The maximum atomic E-state index is 12.2. The molecule has 0 aliphatic heterocycles. The molecular weight excluding hydrogens is 396 g/mol. The molecule has 1 atom stereocenters. The van der Waals surface area contributed by atoms with Crippen molar-refractivity contribution in [2.45, 2.75) is 98.4 Å². The molecule has 0 aromatic heterocycles. The van der Waals surface area contributed by atoms with Crippen molar-refractivity contribution in [2.75, 3.05) is 0 Å². The Kier molecular flexibility index (Phi) is 9.96. The van der Waals surface area contributed by atoms with E-state index in [1.165, 1.54) is 0 Å². The molecule has 0 heterocycles. The van der Waals surface area contributed by atoms with Gasteiger partial charge in [0, 0.05) is 22.6 Å². The average molecular weight is 437 g/mol. The molecule has 0 amide bonds. The zero-order chi connectivity index (χ0) is 24.8. The molecule has 0 bridgehead atoms. The Labute approximate surface area is 187 Å². The van der Waals surface area contributed by atoms with Crippen molar-refractivity contribution in [2.24, 2.45) is 5.92 Å². The number of hydrogen-bond donors (Lipinski definition) is 0. The van der Waals surface area contributed by atoms with Crippen molar-refractivity contribution in [3.63, 3.8) is 0 Å². The topological polar surface area (TPSA) is 78.9 Å². The Morgan fingerprint density at radius 3 is 1.42 bits per heavy atom. The molecule has 31 heavy (non-hydrogen) atoms. The molecule has 0 spiro atoms. The van der Waals surface area contributed by atoms with Gasteiger partial charge in [-0.2, -0.15) is 0 Å². The van der Waals surface area contributed by atoms with E-state index in [0.717, 1.165) is 0 Å². The molecule has 176 valence electrons. The summed E-state index contributed by atoms with van der Waals surface area (Å²) < 4.78 is 16.9. The third-order valence-corrected chi connectivity index (χ3v) is 4.96. The van der Waals surface area contributed by atoms with Gasteiger partial charge in [-0.25, -0.2) is 14.4 Å². The lowest BCUT2D eigenvalue weighted by Crippen LogP contribution is -2.43. The van der Waals surface area contributed by atoms with E-state index in [-0.39, 0.29) is 5.92 Å². The maximum absolute atomic E-state index is 12.2. The maximum Gasteiger partial charge on any atom is 0.333 e. The van der Waals surface area contributed by atoms with Crippen LogP contribution in [0.4, 0.5) is 0 Å². The predicted molar refractivity (Wildman–Crippen MR) is 122 cm³/mol. The number of carbonyl (C=O) groups excluding carboxylic acids is 3. The van der Waals surface area contributed by atoms with Crippen LogP contribution in [0, 0.1) is 5.92 Å². The van der Waals surface area contributed by atoms with E-state index in [9.17, 15) is 14.4 Å².